The predicted octanol–water partition coefficient (Wildman–Crippen LogP) is 3.99. The molecule has 6 rings (SSSR count). The van der Waals surface area contributed by atoms with Crippen molar-refractivity contribution in [3.05, 3.63) is 120 Å². The van der Waals surface area contributed by atoms with Gasteiger partial charge in [-0.3, -0.25) is 38.9 Å². The molecular weight excluding hydrogens is 468 g/mol. The minimum Gasteiger partial charge on any atom is -0.294 e. The number of fused-ring (bicyclic) bond motifs is 2. The summed E-state index contributed by atoms with van der Waals surface area (Å²) in [4.78, 5) is 66.7. The van der Waals surface area contributed by atoms with Crippen molar-refractivity contribution in [2.45, 2.75) is 18.5 Å². The Labute approximate surface area is 212 Å². The Hall–Kier alpha value is -4.98. The Morgan fingerprint density at radius 2 is 1.22 bits per heavy atom. The second-order valence-corrected chi connectivity index (χ2v) is 9.07. The van der Waals surface area contributed by atoms with E-state index in [0.717, 1.165) is 0 Å². The molecule has 0 fully saturated rings. The van der Waals surface area contributed by atoms with E-state index in [9.17, 15) is 19.2 Å². The van der Waals surface area contributed by atoms with Crippen LogP contribution in [-0.2, 0) is 0 Å². The van der Waals surface area contributed by atoms with Crippen LogP contribution in [0.4, 0.5) is 11.4 Å². The van der Waals surface area contributed by atoms with Crippen LogP contribution in [0.1, 0.15) is 48.4 Å². The van der Waals surface area contributed by atoms with Gasteiger partial charge in [-0.25, -0.2) is 0 Å². The van der Waals surface area contributed by atoms with Crippen molar-refractivity contribution in [3.63, 3.8) is 0 Å². The molecule has 4 aromatic rings. The molecule has 180 valence electrons. The van der Waals surface area contributed by atoms with Crippen molar-refractivity contribution in [2.75, 3.05) is 9.80 Å². The highest BCUT2D eigenvalue weighted by Gasteiger charge is 2.62. The van der Waals surface area contributed by atoms with E-state index in [-0.39, 0.29) is 0 Å². The number of Topliss-reactive ketones (excluding diaryl/α,β-unsaturated/α-hetero) is 2. The zero-order valence-corrected chi connectivity index (χ0v) is 19.7. The van der Waals surface area contributed by atoms with Crippen molar-refractivity contribution < 1.29 is 19.2 Å². The Morgan fingerprint density at radius 3 is 1.84 bits per heavy atom. The van der Waals surface area contributed by atoms with Crippen LogP contribution in [0.25, 0.3) is 0 Å². The highest BCUT2D eigenvalue weighted by Crippen LogP contribution is 2.47. The van der Waals surface area contributed by atoms with Gasteiger partial charge >= 0.3 is 0 Å². The number of carbonyl (C=O) groups excluding carboxylic acids is 4. The van der Waals surface area contributed by atoms with Crippen LogP contribution >= 0.6 is 0 Å². The molecule has 4 heterocycles. The SMILES string of the molecule is CC1(C2C(=O)c3ccccc3N2C(=O)c2ccncc2)C(=O)c2ccccc2N1C(=O)c1ccncc1. The highest BCUT2D eigenvalue weighted by atomic mass is 16.2. The maximum atomic E-state index is 14.1. The summed E-state index contributed by atoms with van der Waals surface area (Å²) in [5.41, 5.74) is 0.299. The van der Waals surface area contributed by atoms with Gasteiger partial charge in [0.05, 0.1) is 11.4 Å². The number of amides is 2. The lowest BCUT2D eigenvalue weighted by Gasteiger charge is -2.41. The van der Waals surface area contributed by atoms with Gasteiger partial charge in [-0.15, -0.1) is 0 Å². The summed E-state index contributed by atoms with van der Waals surface area (Å²) in [6.07, 6.45) is 5.96. The Bertz CT molecular complexity index is 1590. The van der Waals surface area contributed by atoms with E-state index in [1.54, 1.807) is 79.7 Å². The summed E-state index contributed by atoms with van der Waals surface area (Å²) in [5.74, 6) is -1.76. The number of para-hydroxylation sites is 2. The summed E-state index contributed by atoms with van der Waals surface area (Å²) in [6, 6.07) is 18.4. The van der Waals surface area contributed by atoms with Crippen molar-refractivity contribution in [2.24, 2.45) is 0 Å². The largest absolute Gasteiger partial charge is 0.294 e. The van der Waals surface area contributed by atoms with E-state index in [2.05, 4.69) is 9.97 Å². The molecule has 37 heavy (non-hydrogen) atoms. The number of hydrogen-bond acceptors (Lipinski definition) is 6. The molecule has 2 amide bonds. The first-order chi connectivity index (χ1) is 17.9. The van der Waals surface area contributed by atoms with E-state index >= 15 is 0 Å². The van der Waals surface area contributed by atoms with Gasteiger partial charge in [0.2, 0.25) is 0 Å². The van der Waals surface area contributed by atoms with Gasteiger partial charge in [0.1, 0.15) is 11.6 Å². The van der Waals surface area contributed by atoms with E-state index in [0.29, 0.717) is 33.6 Å². The van der Waals surface area contributed by atoms with Gasteiger partial charge in [-0.05, 0) is 55.5 Å². The van der Waals surface area contributed by atoms with Gasteiger partial charge in [-0.2, -0.15) is 0 Å². The molecule has 2 aliphatic rings. The molecule has 2 atom stereocenters. The number of hydrogen-bond donors (Lipinski definition) is 0. The standard InChI is InChI=1S/C29H20N4O4/c1-29(26(35)21-7-3-5-9-23(21)33(29)28(37)19-12-16-31-17-13-19)25-24(34)20-6-2-4-8-22(20)32(25)27(36)18-10-14-30-15-11-18/h2-17,25H,1H3. The van der Waals surface area contributed by atoms with E-state index < -0.39 is 35.0 Å². The fourth-order valence-corrected chi connectivity index (χ4v) is 5.34. The number of aromatic nitrogens is 2. The van der Waals surface area contributed by atoms with E-state index in [1.165, 1.54) is 34.6 Å². The van der Waals surface area contributed by atoms with Crippen molar-refractivity contribution >= 4 is 34.8 Å². The Balaban J connectivity index is 1.58. The number of ketones is 2. The van der Waals surface area contributed by atoms with Crippen molar-refractivity contribution in [1.29, 1.82) is 0 Å². The van der Waals surface area contributed by atoms with Crippen LogP contribution in [0.5, 0.6) is 0 Å². The minimum absolute atomic E-state index is 0.306. The highest BCUT2D eigenvalue weighted by molar-refractivity contribution is 6.30. The first-order valence-electron chi connectivity index (χ1n) is 11.7. The maximum Gasteiger partial charge on any atom is 0.259 e. The first kappa shape index (κ1) is 22.5. The summed E-state index contributed by atoms with van der Waals surface area (Å²) >= 11 is 0. The zero-order chi connectivity index (χ0) is 25.7. The third-order valence-corrected chi connectivity index (χ3v) is 7.06. The molecule has 0 aliphatic carbocycles. The van der Waals surface area contributed by atoms with Crippen LogP contribution in [0, 0.1) is 0 Å². The van der Waals surface area contributed by atoms with Crippen LogP contribution in [-0.4, -0.2) is 44.9 Å². The third-order valence-electron chi connectivity index (χ3n) is 7.06. The fourth-order valence-electron chi connectivity index (χ4n) is 5.34. The molecule has 2 aliphatic heterocycles. The average Bonchev–Trinajstić information content (AvgIpc) is 3.37. The molecule has 2 aromatic heterocycles. The fraction of sp³-hybridized carbons (Fsp3) is 0.103. The predicted molar refractivity (Wildman–Crippen MR) is 136 cm³/mol. The molecule has 2 unspecified atom stereocenters. The monoisotopic (exact) mass is 488 g/mol. The third kappa shape index (κ3) is 3.15. The second kappa shape index (κ2) is 8.30. The molecule has 8 nitrogen and oxygen atoms in total. The number of rotatable bonds is 3. The number of anilines is 2. The quantitative estimate of drug-likeness (QED) is 0.432. The number of pyridine rings is 2. The lowest BCUT2D eigenvalue weighted by atomic mass is 9.83. The number of benzene rings is 2. The minimum atomic E-state index is -1.72. The van der Waals surface area contributed by atoms with Crippen LogP contribution in [0.3, 0.4) is 0 Å². The summed E-state index contributed by atoms with van der Waals surface area (Å²) in [7, 11) is 0. The zero-order valence-electron chi connectivity index (χ0n) is 19.7. The Kier molecular flexibility index (Phi) is 5.05. The van der Waals surface area contributed by atoms with Gasteiger partial charge in [0, 0.05) is 47.0 Å². The van der Waals surface area contributed by atoms with Crippen molar-refractivity contribution in [3.8, 4) is 0 Å². The van der Waals surface area contributed by atoms with Crippen LogP contribution in [0.2, 0.25) is 0 Å². The summed E-state index contributed by atoms with van der Waals surface area (Å²) in [5, 5.41) is 0. The topological polar surface area (TPSA) is 101 Å². The molecule has 0 N–H and O–H groups in total. The molecule has 8 heteroatoms. The normalized spacial score (nSPS) is 20.1. The summed E-state index contributed by atoms with van der Waals surface area (Å²) < 4.78 is 0. The van der Waals surface area contributed by atoms with Gasteiger partial charge < -0.3 is 0 Å². The maximum absolute atomic E-state index is 14.1. The van der Waals surface area contributed by atoms with Gasteiger partial charge in [0.25, 0.3) is 11.8 Å². The lowest BCUT2D eigenvalue weighted by molar-refractivity contribution is 0.0763. The lowest BCUT2D eigenvalue weighted by Crippen LogP contribution is -2.66. The Morgan fingerprint density at radius 1 is 0.703 bits per heavy atom. The van der Waals surface area contributed by atoms with Gasteiger partial charge in [-0.1, -0.05) is 24.3 Å². The van der Waals surface area contributed by atoms with E-state index in [1.807, 2.05) is 0 Å². The first-order valence-corrected chi connectivity index (χ1v) is 11.7. The van der Waals surface area contributed by atoms with Crippen molar-refractivity contribution in [1.82, 2.24) is 9.97 Å². The smallest absolute Gasteiger partial charge is 0.259 e. The average molecular weight is 489 g/mol. The number of carbonyl (C=O) groups is 4. The molecular formula is C29H20N4O4. The van der Waals surface area contributed by atoms with Crippen LogP contribution in [0.15, 0.2) is 97.6 Å². The number of nitrogens with zero attached hydrogens (tertiary/aromatic N) is 4. The molecule has 0 spiro atoms. The summed E-state index contributed by atoms with van der Waals surface area (Å²) in [6.45, 7) is 1.57. The molecule has 0 saturated carbocycles. The molecule has 0 saturated heterocycles. The van der Waals surface area contributed by atoms with Gasteiger partial charge in [0.15, 0.2) is 11.6 Å². The van der Waals surface area contributed by atoms with E-state index in [4.69, 9.17) is 0 Å². The molecule has 2 aromatic carbocycles. The van der Waals surface area contributed by atoms with Crippen LogP contribution < -0.4 is 9.80 Å². The molecule has 0 bridgehead atoms. The molecule has 0 radical (unpaired) electrons. The second-order valence-electron chi connectivity index (χ2n) is 9.07.